The van der Waals surface area contributed by atoms with Gasteiger partial charge in [-0.3, -0.25) is 14.4 Å². The first-order valence-electron chi connectivity index (χ1n) is 12.3. The van der Waals surface area contributed by atoms with Gasteiger partial charge in [0.25, 0.3) is 0 Å². The third-order valence-electron chi connectivity index (χ3n) is 6.79. The second kappa shape index (κ2) is 12.4. The van der Waals surface area contributed by atoms with Gasteiger partial charge in [-0.15, -0.1) is 0 Å². The van der Waals surface area contributed by atoms with Crippen molar-refractivity contribution in [3.05, 3.63) is 92.4 Å². The minimum Gasteiger partial charge on any atom is -0.468 e. The number of ether oxygens (including phenoxy) is 2. The van der Waals surface area contributed by atoms with Crippen LogP contribution in [0.2, 0.25) is 10.0 Å². The molecule has 1 aliphatic rings. The molecule has 0 bridgehead atoms. The van der Waals surface area contributed by atoms with E-state index < -0.39 is 23.2 Å². The molecule has 10 heteroatoms. The van der Waals surface area contributed by atoms with Crippen LogP contribution in [0, 0.1) is 0 Å². The maximum Gasteiger partial charge on any atom is 0.318 e. The van der Waals surface area contributed by atoms with Crippen LogP contribution in [-0.2, 0) is 31.1 Å². The van der Waals surface area contributed by atoms with Crippen LogP contribution < -0.4 is 4.74 Å². The van der Waals surface area contributed by atoms with E-state index in [1.54, 1.807) is 49.4 Å². The number of hydrogen-bond donors (Lipinski definition) is 0. The highest BCUT2D eigenvalue weighted by Gasteiger charge is 2.49. The Balaban J connectivity index is 1.53. The molecule has 4 rings (SSSR count). The highest BCUT2D eigenvalue weighted by molar-refractivity contribution is 9.10. The lowest BCUT2D eigenvalue weighted by Gasteiger charge is -2.28. The number of methoxy groups -OCH3 is 1. The van der Waals surface area contributed by atoms with Crippen LogP contribution in [-0.4, -0.2) is 54.3 Å². The Hall–Kier alpha value is -3.07. The molecule has 0 N–H and O–H groups in total. The maximum atomic E-state index is 13.4. The lowest BCUT2D eigenvalue weighted by molar-refractivity contribution is -0.152. The first-order chi connectivity index (χ1) is 18.7. The van der Waals surface area contributed by atoms with E-state index in [9.17, 15) is 14.4 Å². The summed E-state index contributed by atoms with van der Waals surface area (Å²) >= 11 is 15.6. The van der Waals surface area contributed by atoms with Crippen molar-refractivity contribution in [2.75, 3.05) is 26.7 Å². The van der Waals surface area contributed by atoms with Crippen molar-refractivity contribution in [3.8, 4) is 11.5 Å². The normalized spacial score (nSPS) is 16.6. The van der Waals surface area contributed by atoms with E-state index in [-0.39, 0.29) is 26.2 Å². The van der Waals surface area contributed by atoms with Crippen LogP contribution in [0.5, 0.6) is 11.5 Å². The summed E-state index contributed by atoms with van der Waals surface area (Å²) in [7, 11) is 1.33. The molecule has 0 saturated carbocycles. The summed E-state index contributed by atoms with van der Waals surface area (Å²) in [5.41, 5.74) is 0.349. The molecule has 1 heterocycles. The molecule has 1 saturated heterocycles. The standard InChI is InChI=1S/C29H27BrCl2N2O5/c1-3-33(17-19-7-8-23(32)16-25(19)39-24-11-9-22(31)10-12-24)26(35)27(36)34-14-13-29(18-34,28(37)38-2)20-5-4-6-21(30)15-20/h4-12,15-16H,3,13-14,17-18H2,1-2H3. The summed E-state index contributed by atoms with van der Waals surface area (Å²) in [5.74, 6) is -0.770. The van der Waals surface area contributed by atoms with Crippen LogP contribution in [0.25, 0.3) is 0 Å². The van der Waals surface area contributed by atoms with Gasteiger partial charge < -0.3 is 19.3 Å². The van der Waals surface area contributed by atoms with Crippen molar-refractivity contribution in [2.24, 2.45) is 0 Å². The molecule has 1 atom stereocenters. The fourth-order valence-corrected chi connectivity index (χ4v) is 5.36. The van der Waals surface area contributed by atoms with Gasteiger partial charge in [-0.2, -0.15) is 0 Å². The van der Waals surface area contributed by atoms with Gasteiger partial charge >= 0.3 is 17.8 Å². The Morgan fingerprint density at radius 1 is 1.03 bits per heavy atom. The Kier molecular flexibility index (Phi) is 9.20. The van der Waals surface area contributed by atoms with Crippen molar-refractivity contribution < 1.29 is 23.9 Å². The Bertz CT molecular complexity index is 1380. The van der Waals surface area contributed by atoms with Gasteiger partial charge in [-0.1, -0.05) is 57.3 Å². The summed E-state index contributed by atoms with van der Waals surface area (Å²) < 4.78 is 12.0. The highest BCUT2D eigenvalue weighted by Crippen LogP contribution is 2.37. The zero-order chi connectivity index (χ0) is 28.2. The van der Waals surface area contributed by atoms with Crippen LogP contribution in [0.3, 0.4) is 0 Å². The van der Waals surface area contributed by atoms with Crippen LogP contribution in [0.4, 0.5) is 0 Å². The largest absolute Gasteiger partial charge is 0.468 e. The number of carbonyl (C=O) groups excluding carboxylic acids is 3. The van der Waals surface area contributed by atoms with Gasteiger partial charge in [0.05, 0.1) is 7.11 Å². The van der Waals surface area contributed by atoms with Crippen molar-refractivity contribution in [3.63, 3.8) is 0 Å². The second-order valence-electron chi connectivity index (χ2n) is 9.19. The molecule has 204 valence electrons. The molecule has 7 nitrogen and oxygen atoms in total. The molecular weight excluding hydrogens is 607 g/mol. The fourth-order valence-electron chi connectivity index (χ4n) is 4.67. The summed E-state index contributed by atoms with van der Waals surface area (Å²) in [6, 6.07) is 19.4. The summed E-state index contributed by atoms with van der Waals surface area (Å²) in [6.45, 7) is 2.50. The third kappa shape index (κ3) is 6.40. The van der Waals surface area contributed by atoms with E-state index in [0.29, 0.717) is 33.5 Å². The minimum atomic E-state index is -1.05. The molecule has 3 aromatic rings. The van der Waals surface area contributed by atoms with Crippen molar-refractivity contribution in [2.45, 2.75) is 25.3 Å². The number of likely N-dealkylation sites (tertiary alicyclic amines) is 1. The van der Waals surface area contributed by atoms with Crippen molar-refractivity contribution in [1.82, 2.24) is 9.80 Å². The smallest absolute Gasteiger partial charge is 0.318 e. The van der Waals surface area contributed by atoms with Gasteiger partial charge in [0.1, 0.15) is 16.9 Å². The maximum absolute atomic E-state index is 13.4. The lowest BCUT2D eigenvalue weighted by atomic mass is 9.79. The Morgan fingerprint density at radius 2 is 1.74 bits per heavy atom. The number of likely N-dealkylation sites (N-methyl/N-ethyl adjacent to an activating group) is 1. The van der Waals surface area contributed by atoms with Crippen LogP contribution in [0.1, 0.15) is 24.5 Å². The summed E-state index contributed by atoms with van der Waals surface area (Å²) in [6.07, 6.45) is 0.345. The molecule has 1 fully saturated rings. The van der Waals surface area contributed by atoms with E-state index in [1.165, 1.54) is 16.9 Å². The van der Waals surface area contributed by atoms with E-state index in [1.807, 2.05) is 24.3 Å². The predicted molar refractivity (Wildman–Crippen MR) is 153 cm³/mol. The summed E-state index contributed by atoms with van der Waals surface area (Å²) in [4.78, 5) is 42.6. The number of amides is 2. The van der Waals surface area contributed by atoms with E-state index in [4.69, 9.17) is 32.7 Å². The Morgan fingerprint density at radius 3 is 2.41 bits per heavy atom. The van der Waals surface area contributed by atoms with Crippen molar-refractivity contribution >= 4 is 56.9 Å². The number of rotatable bonds is 7. The van der Waals surface area contributed by atoms with Gasteiger partial charge in [-0.25, -0.2) is 0 Å². The SMILES string of the molecule is CCN(Cc1ccc(Cl)cc1Oc1ccc(Cl)cc1)C(=O)C(=O)N1CCC(C(=O)OC)(c2cccc(Br)c2)C1. The zero-order valence-corrected chi connectivity index (χ0v) is 24.6. The average molecular weight is 634 g/mol. The zero-order valence-electron chi connectivity index (χ0n) is 21.5. The molecule has 3 aromatic carbocycles. The van der Waals surface area contributed by atoms with E-state index >= 15 is 0 Å². The number of benzene rings is 3. The quantitative estimate of drug-likeness (QED) is 0.227. The fraction of sp³-hybridized carbons (Fsp3) is 0.276. The monoisotopic (exact) mass is 632 g/mol. The first kappa shape index (κ1) is 28.9. The molecule has 0 spiro atoms. The van der Waals surface area contributed by atoms with Crippen LogP contribution >= 0.6 is 39.1 Å². The topological polar surface area (TPSA) is 76.2 Å². The van der Waals surface area contributed by atoms with Crippen molar-refractivity contribution in [1.29, 1.82) is 0 Å². The van der Waals surface area contributed by atoms with Gasteiger partial charge in [0, 0.05) is 46.3 Å². The number of nitrogens with zero attached hydrogens (tertiary/aromatic N) is 2. The minimum absolute atomic E-state index is 0.0458. The van der Waals surface area contributed by atoms with Gasteiger partial charge in [0.15, 0.2) is 0 Å². The second-order valence-corrected chi connectivity index (χ2v) is 11.0. The van der Waals surface area contributed by atoms with E-state index in [2.05, 4.69) is 15.9 Å². The number of carbonyl (C=O) groups is 3. The molecule has 2 amide bonds. The van der Waals surface area contributed by atoms with Gasteiger partial charge in [0.2, 0.25) is 0 Å². The van der Waals surface area contributed by atoms with Gasteiger partial charge in [-0.05, 0) is 67.4 Å². The lowest BCUT2D eigenvalue weighted by Crippen LogP contribution is -2.46. The Labute approximate surface area is 245 Å². The molecule has 1 unspecified atom stereocenters. The molecule has 0 aromatic heterocycles. The molecule has 39 heavy (non-hydrogen) atoms. The van der Waals surface area contributed by atoms with E-state index in [0.717, 1.165) is 10.0 Å². The number of halogens is 3. The number of hydrogen-bond acceptors (Lipinski definition) is 5. The third-order valence-corrected chi connectivity index (χ3v) is 7.77. The average Bonchev–Trinajstić information content (AvgIpc) is 3.39. The first-order valence-corrected chi connectivity index (χ1v) is 13.9. The molecular formula is C29H27BrCl2N2O5. The van der Waals surface area contributed by atoms with Crippen LogP contribution in [0.15, 0.2) is 71.2 Å². The number of esters is 1. The predicted octanol–water partition coefficient (Wildman–Crippen LogP) is 6.24. The highest BCUT2D eigenvalue weighted by atomic mass is 79.9. The summed E-state index contributed by atoms with van der Waals surface area (Å²) in [5, 5.41) is 1.05. The molecule has 1 aliphatic heterocycles. The molecule has 0 aliphatic carbocycles. The molecule has 0 radical (unpaired) electrons.